The zero-order valence-corrected chi connectivity index (χ0v) is 22.4. The van der Waals surface area contributed by atoms with Crippen molar-refractivity contribution < 1.29 is 14.3 Å². The molecule has 0 radical (unpaired) electrons. The molecule has 1 N–H and O–H groups in total. The van der Waals surface area contributed by atoms with Crippen LogP contribution in [0.2, 0.25) is 0 Å². The Hall–Kier alpha value is -3.76. The van der Waals surface area contributed by atoms with Crippen molar-refractivity contribution in [2.24, 2.45) is 0 Å². The van der Waals surface area contributed by atoms with Crippen LogP contribution in [0.1, 0.15) is 39.0 Å². The number of para-hydroxylation sites is 1. The van der Waals surface area contributed by atoms with E-state index >= 15 is 0 Å². The summed E-state index contributed by atoms with van der Waals surface area (Å²) < 4.78 is 7.42. The van der Waals surface area contributed by atoms with Gasteiger partial charge in [-0.1, -0.05) is 71.6 Å². The lowest BCUT2D eigenvalue weighted by Gasteiger charge is -2.12. The van der Waals surface area contributed by atoms with E-state index in [1.54, 1.807) is 13.8 Å². The maximum atomic E-state index is 13.0. The molecule has 0 saturated heterocycles. The van der Waals surface area contributed by atoms with Crippen LogP contribution in [0.4, 0.5) is 5.13 Å². The highest BCUT2D eigenvalue weighted by Crippen LogP contribution is 2.31. The van der Waals surface area contributed by atoms with E-state index in [4.69, 9.17) is 4.74 Å². The number of anilines is 1. The van der Waals surface area contributed by atoms with Crippen molar-refractivity contribution in [2.45, 2.75) is 44.7 Å². The number of thioether (sulfide) groups is 1. The van der Waals surface area contributed by atoms with Crippen LogP contribution in [0.5, 0.6) is 0 Å². The van der Waals surface area contributed by atoms with Crippen molar-refractivity contribution in [1.29, 1.82) is 0 Å². The van der Waals surface area contributed by atoms with Gasteiger partial charge in [0.2, 0.25) is 5.91 Å². The summed E-state index contributed by atoms with van der Waals surface area (Å²) >= 11 is 2.43. The molecular weight excluding hydrogens is 506 g/mol. The van der Waals surface area contributed by atoms with Crippen molar-refractivity contribution in [3.63, 3.8) is 0 Å². The number of thiazole rings is 1. The summed E-state index contributed by atoms with van der Waals surface area (Å²) in [4.78, 5) is 30.3. The molecule has 5 aromatic rings. The lowest BCUT2D eigenvalue weighted by Crippen LogP contribution is -2.22. The number of hydrogen-bond acceptors (Lipinski definition) is 8. The fourth-order valence-corrected chi connectivity index (χ4v) is 5.78. The minimum absolute atomic E-state index is 0.173. The zero-order chi connectivity index (χ0) is 26.1. The lowest BCUT2D eigenvalue weighted by atomic mass is 10.1. The molecule has 5 rings (SSSR count). The maximum absolute atomic E-state index is 13.0. The van der Waals surface area contributed by atoms with Crippen molar-refractivity contribution in [2.75, 3.05) is 5.32 Å². The number of carbonyl (C=O) groups is 2. The Labute approximate surface area is 222 Å². The Balaban J connectivity index is 1.30. The first kappa shape index (κ1) is 24.9. The quantitative estimate of drug-likeness (QED) is 0.211. The second-order valence-corrected chi connectivity index (χ2v) is 11.0. The average Bonchev–Trinajstić information content (AvgIpc) is 3.45. The number of hydrogen-bond donors (Lipinski definition) is 1. The Morgan fingerprint density at radius 3 is 2.62 bits per heavy atom. The second kappa shape index (κ2) is 10.3. The van der Waals surface area contributed by atoms with E-state index in [-0.39, 0.29) is 12.5 Å². The minimum Gasteiger partial charge on any atom is -0.457 e. The van der Waals surface area contributed by atoms with Crippen LogP contribution in [0.25, 0.3) is 16.6 Å². The summed E-state index contributed by atoms with van der Waals surface area (Å²) in [5.74, 6) is -0.706. The molecule has 3 heterocycles. The number of ether oxygens (including phenoxy) is 1. The molecule has 0 fully saturated rings. The summed E-state index contributed by atoms with van der Waals surface area (Å²) in [6.45, 7) is 7.81. The third kappa shape index (κ3) is 5.07. The second-order valence-electron chi connectivity index (χ2n) is 8.72. The van der Waals surface area contributed by atoms with Gasteiger partial charge in [-0.3, -0.25) is 9.20 Å². The predicted octanol–water partition coefficient (Wildman–Crippen LogP) is 5.74. The number of aryl methyl sites for hydroxylation is 3. The fourth-order valence-electron chi connectivity index (χ4n) is 4.05. The highest BCUT2D eigenvalue weighted by atomic mass is 32.2. The third-order valence-corrected chi connectivity index (χ3v) is 8.06. The first-order chi connectivity index (χ1) is 17.8. The predicted molar refractivity (Wildman–Crippen MR) is 146 cm³/mol. The van der Waals surface area contributed by atoms with Crippen LogP contribution in [-0.2, 0) is 16.1 Å². The normalized spacial score (nSPS) is 12.1. The van der Waals surface area contributed by atoms with Gasteiger partial charge in [-0.05, 0) is 50.5 Å². The molecule has 0 aliphatic rings. The van der Waals surface area contributed by atoms with E-state index in [2.05, 4.69) is 46.5 Å². The monoisotopic (exact) mass is 531 g/mol. The van der Waals surface area contributed by atoms with Crippen LogP contribution in [-0.4, -0.2) is 36.7 Å². The van der Waals surface area contributed by atoms with E-state index in [1.165, 1.54) is 11.8 Å². The molecule has 0 saturated carbocycles. The van der Waals surface area contributed by atoms with Gasteiger partial charge >= 0.3 is 5.97 Å². The van der Waals surface area contributed by atoms with Gasteiger partial charge in [-0.15, -0.1) is 10.2 Å². The minimum atomic E-state index is -0.481. The molecule has 3 aromatic heterocycles. The number of benzene rings is 2. The van der Waals surface area contributed by atoms with Crippen molar-refractivity contribution in [3.05, 3.63) is 81.9 Å². The number of rotatable bonds is 7. The Morgan fingerprint density at radius 1 is 1.05 bits per heavy atom. The van der Waals surface area contributed by atoms with Gasteiger partial charge < -0.3 is 10.1 Å². The number of fused-ring (bicyclic) bond motifs is 3. The van der Waals surface area contributed by atoms with Gasteiger partial charge in [-0.25, -0.2) is 9.78 Å². The van der Waals surface area contributed by atoms with Gasteiger partial charge in [0, 0.05) is 5.39 Å². The van der Waals surface area contributed by atoms with Crippen LogP contribution in [0, 0.1) is 20.8 Å². The van der Waals surface area contributed by atoms with Crippen molar-refractivity contribution in [3.8, 4) is 0 Å². The Bertz CT molecular complexity index is 1630. The molecule has 0 bridgehead atoms. The van der Waals surface area contributed by atoms with Gasteiger partial charge in [-0.2, -0.15) is 0 Å². The molecule has 37 heavy (non-hydrogen) atoms. The summed E-state index contributed by atoms with van der Waals surface area (Å²) in [5, 5.41) is 13.2. The van der Waals surface area contributed by atoms with Crippen LogP contribution in [0.3, 0.4) is 0 Å². The molecule has 0 aliphatic heterocycles. The standard InChI is InChI=1S/C27H25N5O3S2/c1-15-9-8-12-20-16(2)13-21-30-31-27(32(21)22(15)20)36-18(4)24(33)29-26-28-17(3)23(37-26)25(34)35-14-19-10-6-5-7-11-19/h5-13,18H,14H2,1-4H3,(H,28,29,33). The molecule has 8 nitrogen and oxygen atoms in total. The van der Waals surface area contributed by atoms with Crippen LogP contribution < -0.4 is 5.32 Å². The van der Waals surface area contributed by atoms with Gasteiger partial charge in [0.1, 0.15) is 11.5 Å². The number of aromatic nitrogens is 4. The largest absolute Gasteiger partial charge is 0.457 e. The molecule has 10 heteroatoms. The third-order valence-electron chi connectivity index (χ3n) is 5.97. The van der Waals surface area contributed by atoms with Crippen LogP contribution >= 0.6 is 23.1 Å². The number of carbonyl (C=O) groups excluding carboxylic acids is 2. The van der Waals surface area contributed by atoms with E-state index in [0.29, 0.717) is 20.9 Å². The van der Waals surface area contributed by atoms with E-state index < -0.39 is 11.2 Å². The molecule has 0 spiro atoms. The maximum Gasteiger partial charge on any atom is 0.350 e. The fraction of sp³-hybridized carbons (Fsp3) is 0.222. The highest BCUT2D eigenvalue weighted by Gasteiger charge is 2.23. The topological polar surface area (TPSA) is 98.5 Å². The molecule has 1 amide bonds. The Kier molecular flexibility index (Phi) is 6.94. The van der Waals surface area contributed by atoms with Crippen molar-refractivity contribution in [1.82, 2.24) is 19.6 Å². The van der Waals surface area contributed by atoms with Crippen molar-refractivity contribution >= 4 is 56.7 Å². The summed E-state index contributed by atoms with van der Waals surface area (Å²) in [7, 11) is 0. The van der Waals surface area contributed by atoms with E-state index in [9.17, 15) is 9.59 Å². The first-order valence-corrected chi connectivity index (χ1v) is 13.4. The molecular formula is C27H25N5O3S2. The number of esters is 1. The summed E-state index contributed by atoms with van der Waals surface area (Å²) in [5.41, 5.74) is 5.42. The lowest BCUT2D eigenvalue weighted by molar-refractivity contribution is -0.115. The summed E-state index contributed by atoms with van der Waals surface area (Å²) in [6, 6.07) is 17.6. The molecule has 2 aromatic carbocycles. The Morgan fingerprint density at radius 2 is 1.84 bits per heavy atom. The highest BCUT2D eigenvalue weighted by molar-refractivity contribution is 8.00. The molecule has 188 valence electrons. The van der Waals surface area contributed by atoms with E-state index in [0.717, 1.165) is 44.6 Å². The number of pyridine rings is 1. The average molecular weight is 532 g/mol. The molecule has 1 unspecified atom stereocenters. The molecule has 0 aliphatic carbocycles. The van der Waals surface area contributed by atoms with E-state index in [1.807, 2.05) is 46.9 Å². The SMILES string of the molecule is Cc1nc(NC(=O)C(C)Sc2nnc3cc(C)c4cccc(C)c4n23)sc1C(=O)OCc1ccccc1. The van der Waals surface area contributed by atoms with Crippen LogP contribution in [0.15, 0.2) is 59.8 Å². The van der Waals surface area contributed by atoms with Gasteiger partial charge in [0.25, 0.3) is 0 Å². The number of nitrogens with one attached hydrogen (secondary N) is 1. The molecule has 1 atom stereocenters. The number of nitrogens with zero attached hydrogens (tertiary/aromatic N) is 4. The van der Waals surface area contributed by atoms with Gasteiger partial charge in [0.15, 0.2) is 15.9 Å². The smallest absolute Gasteiger partial charge is 0.350 e. The van der Waals surface area contributed by atoms with Gasteiger partial charge in [0.05, 0.1) is 16.5 Å². The summed E-state index contributed by atoms with van der Waals surface area (Å²) in [6.07, 6.45) is 0. The number of amides is 1. The first-order valence-electron chi connectivity index (χ1n) is 11.7. The zero-order valence-electron chi connectivity index (χ0n) is 20.8.